The summed E-state index contributed by atoms with van der Waals surface area (Å²) >= 11 is 1.65. The van der Waals surface area contributed by atoms with Crippen molar-refractivity contribution >= 4 is 17.7 Å². The fourth-order valence-electron chi connectivity index (χ4n) is 2.77. The minimum absolute atomic E-state index is 0.0999. The third-order valence-electron chi connectivity index (χ3n) is 3.90. The molecule has 0 aliphatic heterocycles. The lowest BCUT2D eigenvalue weighted by atomic mass is 10.2. The zero-order chi connectivity index (χ0) is 15.2. The van der Waals surface area contributed by atoms with Crippen LogP contribution < -0.4 is 11.1 Å². The van der Waals surface area contributed by atoms with E-state index in [0.29, 0.717) is 12.6 Å². The van der Waals surface area contributed by atoms with Gasteiger partial charge in [-0.2, -0.15) is 0 Å². The standard InChI is InChI=1S/C14H25N5OS/c1-10(15)13(20)16-9-5-8-12-17-18-14(21-2)19(12)11-6-3-4-7-11/h10-11H,3-9,15H2,1-2H3,(H,16,20). The number of nitrogens with zero attached hydrogens (tertiary/aromatic N) is 3. The molecule has 0 radical (unpaired) electrons. The summed E-state index contributed by atoms with van der Waals surface area (Å²) < 4.78 is 2.31. The van der Waals surface area contributed by atoms with Crippen molar-refractivity contribution in [1.29, 1.82) is 0 Å². The minimum atomic E-state index is -0.449. The summed E-state index contributed by atoms with van der Waals surface area (Å²) in [6, 6.07) is 0.103. The topological polar surface area (TPSA) is 85.8 Å². The summed E-state index contributed by atoms with van der Waals surface area (Å²) in [7, 11) is 0. The zero-order valence-corrected chi connectivity index (χ0v) is 13.7. The second-order valence-corrected chi connectivity index (χ2v) is 6.37. The van der Waals surface area contributed by atoms with Crippen LogP contribution in [0.3, 0.4) is 0 Å². The third-order valence-corrected chi connectivity index (χ3v) is 4.54. The number of nitrogens with two attached hydrogens (primary N) is 1. The van der Waals surface area contributed by atoms with E-state index >= 15 is 0 Å². The molecule has 0 aromatic carbocycles. The molecule has 6 nitrogen and oxygen atoms in total. The number of hydrogen-bond donors (Lipinski definition) is 2. The lowest BCUT2D eigenvalue weighted by Crippen LogP contribution is -2.38. The highest BCUT2D eigenvalue weighted by Gasteiger charge is 2.23. The van der Waals surface area contributed by atoms with Crippen LogP contribution in [0.15, 0.2) is 5.16 Å². The molecule has 1 saturated carbocycles. The molecular weight excluding hydrogens is 286 g/mol. The molecule has 21 heavy (non-hydrogen) atoms. The smallest absolute Gasteiger partial charge is 0.236 e. The van der Waals surface area contributed by atoms with E-state index in [1.54, 1.807) is 18.7 Å². The van der Waals surface area contributed by atoms with Crippen LogP contribution in [-0.2, 0) is 11.2 Å². The van der Waals surface area contributed by atoms with E-state index in [-0.39, 0.29) is 5.91 Å². The van der Waals surface area contributed by atoms with Gasteiger partial charge in [-0.25, -0.2) is 0 Å². The molecule has 0 saturated heterocycles. The largest absolute Gasteiger partial charge is 0.355 e. The molecule has 1 atom stereocenters. The second kappa shape index (κ2) is 7.79. The van der Waals surface area contributed by atoms with Gasteiger partial charge < -0.3 is 15.6 Å². The Kier molecular flexibility index (Phi) is 6.05. The number of amides is 1. The Morgan fingerprint density at radius 3 is 2.81 bits per heavy atom. The molecule has 1 unspecified atom stereocenters. The Labute approximate surface area is 130 Å². The fraction of sp³-hybridized carbons (Fsp3) is 0.786. The summed E-state index contributed by atoms with van der Waals surface area (Å²) in [5, 5.41) is 12.5. The van der Waals surface area contributed by atoms with Crippen LogP contribution in [0.25, 0.3) is 0 Å². The number of hydrogen-bond acceptors (Lipinski definition) is 5. The molecule has 1 aromatic heterocycles. The average molecular weight is 311 g/mol. The van der Waals surface area contributed by atoms with Crippen molar-refractivity contribution in [2.45, 2.75) is 62.7 Å². The summed E-state index contributed by atoms with van der Waals surface area (Å²) in [6.45, 7) is 2.32. The lowest BCUT2D eigenvalue weighted by Gasteiger charge is -2.16. The van der Waals surface area contributed by atoms with Gasteiger partial charge in [-0.15, -0.1) is 10.2 Å². The number of rotatable bonds is 7. The fourth-order valence-corrected chi connectivity index (χ4v) is 3.34. The maximum absolute atomic E-state index is 11.4. The highest BCUT2D eigenvalue weighted by Crippen LogP contribution is 2.33. The second-order valence-electron chi connectivity index (χ2n) is 5.59. The van der Waals surface area contributed by atoms with Crippen molar-refractivity contribution in [3.63, 3.8) is 0 Å². The van der Waals surface area contributed by atoms with Crippen LogP contribution in [0.4, 0.5) is 0 Å². The van der Waals surface area contributed by atoms with Crippen LogP contribution in [0.5, 0.6) is 0 Å². The van der Waals surface area contributed by atoms with Crippen molar-refractivity contribution in [1.82, 2.24) is 20.1 Å². The van der Waals surface area contributed by atoms with E-state index < -0.39 is 6.04 Å². The van der Waals surface area contributed by atoms with Crippen molar-refractivity contribution in [2.75, 3.05) is 12.8 Å². The molecule has 0 spiro atoms. The van der Waals surface area contributed by atoms with Crippen molar-refractivity contribution < 1.29 is 4.79 Å². The predicted octanol–water partition coefficient (Wildman–Crippen LogP) is 1.51. The summed E-state index contributed by atoms with van der Waals surface area (Å²) in [6.07, 6.45) is 8.77. The van der Waals surface area contributed by atoms with Gasteiger partial charge in [-0.3, -0.25) is 4.79 Å². The normalized spacial score (nSPS) is 17.1. The summed E-state index contributed by atoms with van der Waals surface area (Å²) in [5.41, 5.74) is 5.52. The molecular formula is C14H25N5OS. The van der Waals surface area contributed by atoms with E-state index in [2.05, 4.69) is 20.1 Å². The predicted molar refractivity (Wildman–Crippen MR) is 84.3 cm³/mol. The van der Waals surface area contributed by atoms with Crippen LogP contribution in [0.1, 0.15) is 50.9 Å². The zero-order valence-electron chi connectivity index (χ0n) is 12.8. The van der Waals surface area contributed by atoms with Crippen LogP contribution in [-0.4, -0.2) is 39.5 Å². The molecule has 1 aromatic rings. The SMILES string of the molecule is CSc1nnc(CCCNC(=O)C(C)N)n1C1CCCC1. The Morgan fingerprint density at radius 1 is 1.48 bits per heavy atom. The molecule has 1 aliphatic carbocycles. The number of carbonyl (C=O) groups is 1. The Bertz CT molecular complexity index is 468. The lowest BCUT2D eigenvalue weighted by molar-refractivity contribution is -0.121. The van der Waals surface area contributed by atoms with E-state index in [4.69, 9.17) is 5.73 Å². The number of nitrogens with one attached hydrogen (secondary N) is 1. The van der Waals surface area contributed by atoms with Gasteiger partial charge in [0.15, 0.2) is 5.16 Å². The average Bonchev–Trinajstić information content (AvgIpc) is 3.11. The molecule has 1 aliphatic rings. The van der Waals surface area contributed by atoms with Gasteiger partial charge in [0.25, 0.3) is 0 Å². The summed E-state index contributed by atoms with van der Waals surface area (Å²) in [4.78, 5) is 11.4. The quantitative estimate of drug-likeness (QED) is 0.589. The number of aromatic nitrogens is 3. The Hall–Kier alpha value is -1.08. The van der Waals surface area contributed by atoms with E-state index in [0.717, 1.165) is 23.8 Å². The first kappa shape index (κ1) is 16.3. The molecule has 0 bridgehead atoms. The molecule has 1 heterocycles. The Morgan fingerprint density at radius 2 is 2.19 bits per heavy atom. The maximum atomic E-state index is 11.4. The molecule has 1 fully saturated rings. The molecule has 7 heteroatoms. The van der Waals surface area contributed by atoms with Crippen molar-refractivity contribution in [3.8, 4) is 0 Å². The number of carbonyl (C=O) groups excluding carboxylic acids is 1. The highest BCUT2D eigenvalue weighted by atomic mass is 32.2. The van der Waals surface area contributed by atoms with Crippen molar-refractivity contribution in [2.24, 2.45) is 5.73 Å². The first-order valence-electron chi connectivity index (χ1n) is 7.64. The minimum Gasteiger partial charge on any atom is -0.355 e. The number of aryl methyl sites for hydroxylation is 1. The first-order valence-corrected chi connectivity index (χ1v) is 8.87. The molecule has 1 amide bonds. The van der Waals surface area contributed by atoms with E-state index in [1.807, 2.05) is 6.26 Å². The van der Waals surface area contributed by atoms with Crippen LogP contribution >= 0.6 is 11.8 Å². The first-order chi connectivity index (χ1) is 10.1. The van der Waals surface area contributed by atoms with Gasteiger partial charge in [0, 0.05) is 19.0 Å². The number of thioether (sulfide) groups is 1. The maximum Gasteiger partial charge on any atom is 0.236 e. The van der Waals surface area contributed by atoms with E-state index in [1.165, 1.54) is 25.7 Å². The molecule has 3 N–H and O–H groups in total. The van der Waals surface area contributed by atoms with Gasteiger partial charge in [0.1, 0.15) is 5.82 Å². The monoisotopic (exact) mass is 311 g/mol. The van der Waals surface area contributed by atoms with Crippen molar-refractivity contribution in [3.05, 3.63) is 5.82 Å². The van der Waals surface area contributed by atoms with Gasteiger partial charge in [0.05, 0.1) is 6.04 Å². The van der Waals surface area contributed by atoms with Gasteiger partial charge in [-0.1, -0.05) is 24.6 Å². The van der Waals surface area contributed by atoms with Gasteiger partial charge >= 0.3 is 0 Å². The molecule has 118 valence electrons. The van der Waals surface area contributed by atoms with Crippen LogP contribution in [0, 0.1) is 0 Å². The van der Waals surface area contributed by atoms with E-state index in [9.17, 15) is 4.79 Å². The van der Waals surface area contributed by atoms with Gasteiger partial charge in [0.2, 0.25) is 5.91 Å². The molecule has 2 rings (SSSR count). The highest BCUT2D eigenvalue weighted by molar-refractivity contribution is 7.98. The van der Waals surface area contributed by atoms with Crippen LogP contribution in [0.2, 0.25) is 0 Å². The summed E-state index contributed by atoms with van der Waals surface area (Å²) in [5.74, 6) is 0.943. The Balaban J connectivity index is 1.91. The van der Waals surface area contributed by atoms with Gasteiger partial charge in [-0.05, 0) is 32.4 Å². The third kappa shape index (κ3) is 4.20.